The number of rotatable bonds is 6. The van der Waals surface area contributed by atoms with Crippen molar-refractivity contribution in [3.63, 3.8) is 0 Å². The molecule has 0 aliphatic rings. The van der Waals surface area contributed by atoms with Crippen LogP contribution in [0.1, 0.15) is 27.7 Å². The van der Waals surface area contributed by atoms with E-state index in [1.807, 2.05) is 5.32 Å². The van der Waals surface area contributed by atoms with Gasteiger partial charge in [-0.2, -0.15) is 4.72 Å². The molecule has 1 rings (SSSR count). The quantitative estimate of drug-likeness (QED) is 0.593. The van der Waals surface area contributed by atoms with Crippen LogP contribution in [0.2, 0.25) is 5.02 Å². The summed E-state index contributed by atoms with van der Waals surface area (Å²) < 4.78 is 31.2. The number of esters is 1. The first-order valence-electron chi connectivity index (χ1n) is 7.87. The van der Waals surface area contributed by atoms with Crippen LogP contribution < -0.4 is 15.4 Å². The number of nitrogens with one attached hydrogen (secondary N) is 3. The Morgan fingerprint density at radius 3 is 2.22 bits per heavy atom. The standard InChI is InChI=1S/C16H22ClN3O6S/c1-10(20-27(24,25)12-7-5-11(17)6-8-12)14(22)26-9-13(21)18-15(23)19-16(2,3)4/h5-8,10,20H,9H2,1-4H3,(H2,18,19,21,23)/t10-/m0/s1. The summed E-state index contributed by atoms with van der Waals surface area (Å²) in [7, 11) is -3.97. The normalized spacial score (nSPS) is 12.8. The second kappa shape index (κ2) is 9.16. The molecule has 3 amide bonds. The van der Waals surface area contributed by atoms with E-state index in [9.17, 15) is 22.8 Å². The zero-order chi connectivity index (χ0) is 20.8. The Balaban J connectivity index is 2.53. The highest BCUT2D eigenvalue weighted by Gasteiger charge is 2.24. The molecule has 0 aliphatic carbocycles. The number of halogens is 1. The molecular formula is C16H22ClN3O6S. The Kier molecular flexibility index (Phi) is 7.76. The van der Waals surface area contributed by atoms with Crippen molar-refractivity contribution in [1.29, 1.82) is 0 Å². The highest BCUT2D eigenvalue weighted by atomic mass is 35.5. The van der Waals surface area contributed by atoms with Gasteiger partial charge in [0.2, 0.25) is 10.0 Å². The summed E-state index contributed by atoms with van der Waals surface area (Å²) in [6.45, 7) is 5.71. The first kappa shape index (κ1) is 22.9. The average molecular weight is 420 g/mol. The molecule has 1 atom stereocenters. The van der Waals surface area contributed by atoms with Crippen molar-refractivity contribution < 1.29 is 27.5 Å². The summed E-state index contributed by atoms with van der Waals surface area (Å²) >= 11 is 5.70. The summed E-state index contributed by atoms with van der Waals surface area (Å²) in [6, 6.07) is 3.37. The minimum Gasteiger partial charge on any atom is -0.454 e. The van der Waals surface area contributed by atoms with Crippen molar-refractivity contribution in [2.24, 2.45) is 0 Å². The SMILES string of the molecule is C[C@H](NS(=O)(=O)c1ccc(Cl)cc1)C(=O)OCC(=O)NC(=O)NC(C)(C)C. The Hall–Kier alpha value is -2.17. The number of sulfonamides is 1. The first-order chi connectivity index (χ1) is 12.3. The highest BCUT2D eigenvalue weighted by molar-refractivity contribution is 7.89. The zero-order valence-corrected chi connectivity index (χ0v) is 16.9. The molecule has 0 saturated carbocycles. The highest BCUT2D eigenvalue weighted by Crippen LogP contribution is 2.14. The van der Waals surface area contributed by atoms with Gasteiger partial charge in [0.15, 0.2) is 6.61 Å². The Labute approximate surface area is 162 Å². The van der Waals surface area contributed by atoms with Gasteiger partial charge in [0.05, 0.1) is 4.90 Å². The number of imide groups is 1. The van der Waals surface area contributed by atoms with E-state index in [1.165, 1.54) is 31.2 Å². The molecule has 11 heteroatoms. The van der Waals surface area contributed by atoms with Crippen LogP contribution in [0.4, 0.5) is 4.79 Å². The lowest BCUT2D eigenvalue weighted by molar-refractivity contribution is -0.149. The molecule has 0 unspecified atom stereocenters. The van der Waals surface area contributed by atoms with Gasteiger partial charge in [-0.25, -0.2) is 13.2 Å². The molecule has 0 fully saturated rings. The van der Waals surface area contributed by atoms with Crippen molar-refractivity contribution >= 4 is 39.5 Å². The molecule has 0 aromatic heterocycles. The van der Waals surface area contributed by atoms with Crippen LogP contribution in [0.25, 0.3) is 0 Å². The number of hydrogen-bond acceptors (Lipinski definition) is 6. The zero-order valence-electron chi connectivity index (χ0n) is 15.3. The summed E-state index contributed by atoms with van der Waals surface area (Å²) in [5.41, 5.74) is -0.546. The molecule has 0 heterocycles. The van der Waals surface area contributed by atoms with Gasteiger partial charge in [-0.1, -0.05) is 11.6 Å². The largest absolute Gasteiger partial charge is 0.454 e. The molecular weight excluding hydrogens is 398 g/mol. The number of carbonyl (C=O) groups is 3. The Morgan fingerprint density at radius 1 is 1.15 bits per heavy atom. The van der Waals surface area contributed by atoms with Gasteiger partial charge in [-0.05, 0) is 52.0 Å². The molecule has 0 aliphatic heterocycles. The molecule has 0 saturated heterocycles. The summed E-state index contributed by atoms with van der Waals surface area (Å²) in [6.07, 6.45) is 0. The topological polar surface area (TPSA) is 131 Å². The molecule has 0 bridgehead atoms. The maximum absolute atomic E-state index is 12.2. The van der Waals surface area contributed by atoms with Crippen molar-refractivity contribution in [2.75, 3.05) is 6.61 Å². The fourth-order valence-electron chi connectivity index (χ4n) is 1.76. The van der Waals surface area contributed by atoms with Crippen LogP contribution in [0.5, 0.6) is 0 Å². The fourth-order valence-corrected chi connectivity index (χ4v) is 3.08. The van der Waals surface area contributed by atoms with Gasteiger partial charge in [0.1, 0.15) is 6.04 Å². The number of carbonyl (C=O) groups excluding carboxylic acids is 3. The van der Waals surface area contributed by atoms with E-state index >= 15 is 0 Å². The third kappa shape index (κ3) is 8.37. The van der Waals surface area contributed by atoms with E-state index in [0.29, 0.717) is 5.02 Å². The number of ether oxygens (including phenoxy) is 1. The molecule has 150 valence electrons. The van der Waals surface area contributed by atoms with Crippen LogP contribution in [0.15, 0.2) is 29.2 Å². The van der Waals surface area contributed by atoms with E-state index in [2.05, 4.69) is 10.0 Å². The van der Waals surface area contributed by atoms with Crippen molar-refractivity contribution in [3.8, 4) is 0 Å². The summed E-state index contributed by atoms with van der Waals surface area (Å²) in [5, 5.41) is 4.86. The Bertz CT molecular complexity index is 802. The lowest BCUT2D eigenvalue weighted by Gasteiger charge is -2.20. The molecule has 0 radical (unpaired) electrons. The van der Waals surface area contributed by atoms with Crippen LogP contribution >= 0.6 is 11.6 Å². The predicted molar refractivity (Wildman–Crippen MR) is 98.6 cm³/mol. The maximum atomic E-state index is 12.2. The predicted octanol–water partition coefficient (Wildman–Crippen LogP) is 1.17. The summed E-state index contributed by atoms with van der Waals surface area (Å²) in [4.78, 5) is 34.9. The van der Waals surface area contributed by atoms with Gasteiger partial charge in [-0.15, -0.1) is 0 Å². The third-order valence-electron chi connectivity index (χ3n) is 2.90. The summed E-state index contributed by atoms with van der Waals surface area (Å²) in [5.74, 6) is -1.82. The molecule has 1 aromatic carbocycles. The first-order valence-corrected chi connectivity index (χ1v) is 9.73. The lowest BCUT2D eigenvalue weighted by atomic mass is 10.1. The number of urea groups is 1. The maximum Gasteiger partial charge on any atom is 0.324 e. The van der Waals surface area contributed by atoms with Crippen molar-refractivity contribution in [2.45, 2.75) is 44.2 Å². The van der Waals surface area contributed by atoms with Gasteiger partial charge in [0.25, 0.3) is 5.91 Å². The van der Waals surface area contributed by atoms with Gasteiger partial charge in [0, 0.05) is 10.6 Å². The molecule has 3 N–H and O–H groups in total. The van der Waals surface area contributed by atoms with E-state index in [0.717, 1.165) is 0 Å². The van der Waals surface area contributed by atoms with Crippen LogP contribution in [-0.4, -0.2) is 44.5 Å². The monoisotopic (exact) mass is 419 g/mol. The van der Waals surface area contributed by atoms with Crippen molar-refractivity contribution in [1.82, 2.24) is 15.4 Å². The number of hydrogen-bond donors (Lipinski definition) is 3. The van der Waals surface area contributed by atoms with Crippen LogP contribution in [0.3, 0.4) is 0 Å². The molecule has 27 heavy (non-hydrogen) atoms. The fraction of sp³-hybridized carbons (Fsp3) is 0.438. The van der Waals surface area contributed by atoms with Crippen LogP contribution in [-0.2, 0) is 24.3 Å². The van der Waals surface area contributed by atoms with Gasteiger partial charge < -0.3 is 10.1 Å². The molecule has 1 aromatic rings. The van der Waals surface area contributed by atoms with Gasteiger partial charge in [-0.3, -0.25) is 14.9 Å². The average Bonchev–Trinajstić information content (AvgIpc) is 2.50. The van der Waals surface area contributed by atoms with E-state index < -0.39 is 46.1 Å². The van der Waals surface area contributed by atoms with Crippen molar-refractivity contribution in [3.05, 3.63) is 29.3 Å². The van der Waals surface area contributed by atoms with E-state index in [-0.39, 0.29) is 4.90 Å². The lowest BCUT2D eigenvalue weighted by Crippen LogP contribution is -2.49. The van der Waals surface area contributed by atoms with E-state index in [1.54, 1.807) is 20.8 Å². The van der Waals surface area contributed by atoms with Crippen LogP contribution in [0, 0.1) is 0 Å². The molecule has 9 nitrogen and oxygen atoms in total. The van der Waals surface area contributed by atoms with Gasteiger partial charge >= 0.3 is 12.0 Å². The minimum atomic E-state index is -3.97. The second-order valence-electron chi connectivity index (χ2n) is 6.66. The smallest absolute Gasteiger partial charge is 0.324 e. The second-order valence-corrected chi connectivity index (χ2v) is 8.81. The van der Waals surface area contributed by atoms with E-state index in [4.69, 9.17) is 16.3 Å². The molecule has 0 spiro atoms. The third-order valence-corrected chi connectivity index (χ3v) is 4.71. The Morgan fingerprint density at radius 2 is 1.70 bits per heavy atom. The number of benzene rings is 1. The minimum absolute atomic E-state index is 0.0804. The number of amides is 3.